The van der Waals surface area contributed by atoms with Crippen molar-refractivity contribution in [2.45, 2.75) is 13.3 Å². The molecule has 0 aliphatic rings. The van der Waals surface area contributed by atoms with Gasteiger partial charge in [0.25, 0.3) is 0 Å². The highest BCUT2D eigenvalue weighted by Crippen LogP contribution is 2.12. The highest BCUT2D eigenvalue weighted by atomic mass is 16.4. The van der Waals surface area contributed by atoms with Crippen molar-refractivity contribution in [3.8, 4) is 5.69 Å². The Balaban J connectivity index is 2.38. The highest BCUT2D eigenvalue weighted by molar-refractivity contribution is 5.87. The first-order valence-electron chi connectivity index (χ1n) is 5.09. The zero-order chi connectivity index (χ0) is 11.5. The molecule has 0 radical (unpaired) electrons. The molecule has 1 heterocycles. The second-order valence-electron chi connectivity index (χ2n) is 3.44. The van der Waals surface area contributed by atoms with E-state index in [0.29, 0.717) is 0 Å². The summed E-state index contributed by atoms with van der Waals surface area (Å²) in [5, 5.41) is 13.0. The van der Waals surface area contributed by atoms with Crippen LogP contribution < -0.4 is 0 Å². The van der Waals surface area contributed by atoms with Crippen LogP contribution in [0, 0.1) is 0 Å². The van der Waals surface area contributed by atoms with Gasteiger partial charge in [-0.25, -0.2) is 9.48 Å². The van der Waals surface area contributed by atoms with E-state index in [-0.39, 0.29) is 5.56 Å². The minimum absolute atomic E-state index is 0.286. The molecule has 0 aliphatic heterocycles. The Morgan fingerprint density at radius 3 is 2.56 bits per heavy atom. The molecule has 0 spiro atoms. The Hall–Kier alpha value is -2.10. The summed E-state index contributed by atoms with van der Waals surface area (Å²) < 4.78 is 1.81. The average molecular weight is 216 g/mol. The van der Waals surface area contributed by atoms with E-state index in [1.807, 2.05) is 10.7 Å². The fourth-order valence-corrected chi connectivity index (χ4v) is 1.58. The predicted octanol–water partition coefficient (Wildman–Crippen LogP) is 2.13. The summed E-state index contributed by atoms with van der Waals surface area (Å²) in [6, 6.07) is 8.63. The summed E-state index contributed by atoms with van der Waals surface area (Å²) in [7, 11) is 0. The molecule has 0 amide bonds. The van der Waals surface area contributed by atoms with Crippen LogP contribution in [-0.2, 0) is 6.42 Å². The third-order valence-corrected chi connectivity index (χ3v) is 2.44. The first-order chi connectivity index (χ1) is 7.72. The Kier molecular flexibility index (Phi) is 2.72. The monoisotopic (exact) mass is 216 g/mol. The van der Waals surface area contributed by atoms with E-state index in [4.69, 9.17) is 5.11 Å². The van der Waals surface area contributed by atoms with E-state index < -0.39 is 5.97 Å². The summed E-state index contributed by atoms with van der Waals surface area (Å²) in [5.41, 5.74) is 2.27. The maximum Gasteiger partial charge on any atom is 0.335 e. The molecular formula is C12H12N2O2. The molecule has 2 aromatic rings. The molecule has 0 atom stereocenters. The molecule has 0 saturated carbocycles. The first kappa shape index (κ1) is 10.4. The minimum atomic E-state index is -0.914. The largest absolute Gasteiger partial charge is 0.478 e. The number of aryl methyl sites for hydroxylation is 1. The molecule has 0 saturated heterocycles. The van der Waals surface area contributed by atoms with Crippen LogP contribution in [0.15, 0.2) is 36.5 Å². The van der Waals surface area contributed by atoms with E-state index in [0.717, 1.165) is 17.8 Å². The summed E-state index contributed by atoms with van der Waals surface area (Å²) in [4.78, 5) is 10.7. The van der Waals surface area contributed by atoms with Crippen LogP contribution in [0.2, 0.25) is 0 Å². The fraction of sp³-hybridized carbons (Fsp3) is 0.167. The lowest BCUT2D eigenvalue weighted by Crippen LogP contribution is -2.02. The lowest BCUT2D eigenvalue weighted by Gasteiger charge is -2.05. The SMILES string of the molecule is CCc1ccnn1-c1ccc(C(=O)O)cc1. The van der Waals surface area contributed by atoms with Crippen molar-refractivity contribution in [3.05, 3.63) is 47.8 Å². The zero-order valence-electron chi connectivity index (χ0n) is 8.92. The number of carboxylic acids is 1. The maximum atomic E-state index is 10.7. The molecule has 2 rings (SSSR count). The number of rotatable bonds is 3. The molecule has 82 valence electrons. The zero-order valence-corrected chi connectivity index (χ0v) is 8.92. The fourth-order valence-electron chi connectivity index (χ4n) is 1.58. The van der Waals surface area contributed by atoms with Gasteiger partial charge < -0.3 is 5.11 Å². The summed E-state index contributed by atoms with van der Waals surface area (Å²) in [6.45, 7) is 2.05. The van der Waals surface area contributed by atoms with Crippen LogP contribution in [0.3, 0.4) is 0 Å². The van der Waals surface area contributed by atoms with Crippen molar-refractivity contribution in [1.29, 1.82) is 0 Å². The van der Waals surface area contributed by atoms with E-state index in [1.54, 1.807) is 30.5 Å². The minimum Gasteiger partial charge on any atom is -0.478 e. The van der Waals surface area contributed by atoms with E-state index in [1.165, 1.54) is 0 Å². The van der Waals surface area contributed by atoms with Gasteiger partial charge in [0.2, 0.25) is 0 Å². The number of hydrogen-bond acceptors (Lipinski definition) is 2. The quantitative estimate of drug-likeness (QED) is 0.855. The predicted molar refractivity (Wildman–Crippen MR) is 59.9 cm³/mol. The summed E-state index contributed by atoms with van der Waals surface area (Å²) >= 11 is 0. The lowest BCUT2D eigenvalue weighted by molar-refractivity contribution is 0.0697. The molecule has 1 N–H and O–H groups in total. The van der Waals surface area contributed by atoms with Gasteiger partial charge in [-0.2, -0.15) is 5.10 Å². The second kappa shape index (κ2) is 4.18. The van der Waals surface area contributed by atoms with Gasteiger partial charge in [0, 0.05) is 11.9 Å². The third kappa shape index (κ3) is 1.82. The third-order valence-electron chi connectivity index (χ3n) is 2.44. The van der Waals surface area contributed by atoms with Gasteiger partial charge in [0.05, 0.1) is 11.3 Å². The molecule has 1 aromatic heterocycles. The van der Waals surface area contributed by atoms with Gasteiger partial charge in [-0.15, -0.1) is 0 Å². The molecule has 4 heteroatoms. The number of hydrogen-bond donors (Lipinski definition) is 1. The number of carbonyl (C=O) groups is 1. The van der Waals surface area contributed by atoms with Crippen LogP contribution in [0.5, 0.6) is 0 Å². The van der Waals surface area contributed by atoms with Crippen molar-refractivity contribution < 1.29 is 9.90 Å². The number of nitrogens with zero attached hydrogens (tertiary/aromatic N) is 2. The van der Waals surface area contributed by atoms with E-state index >= 15 is 0 Å². The Bertz CT molecular complexity index is 500. The number of aromatic nitrogens is 2. The van der Waals surface area contributed by atoms with E-state index in [9.17, 15) is 4.79 Å². The van der Waals surface area contributed by atoms with Gasteiger partial charge in [-0.3, -0.25) is 0 Å². The van der Waals surface area contributed by atoms with Crippen molar-refractivity contribution in [1.82, 2.24) is 9.78 Å². The van der Waals surface area contributed by atoms with Gasteiger partial charge in [0.15, 0.2) is 0 Å². The van der Waals surface area contributed by atoms with Crippen LogP contribution >= 0.6 is 0 Å². The van der Waals surface area contributed by atoms with Crippen LogP contribution in [-0.4, -0.2) is 20.9 Å². The lowest BCUT2D eigenvalue weighted by atomic mass is 10.2. The molecular weight excluding hydrogens is 204 g/mol. The van der Waals surface area contributed by atoms with Gasteiger partial charge in [-0.1, -0.05) is 6.92 Å². The van der Waals surface area contributed by atoms with Crippen LogP contribution in [0.4, 0.5) is 0 Å². The van der Waals surface area contributed by atoms with Gasteiger partial charge in [0.1, 0.15) is 0 Å². The van der Waals surface area contributed by atoms with Gasteiger partial charge >= 0.3 is 5.97 Å². The van der Waals surface area contributed by atoms with Crippen LogP contribution in [0.1, 0.15) is 23.0 Å². The topological polar surface area (TPSA) is 55.1 Å². The van der Waals surface area contributed by atoms with Crippen molar-refractivity contribution in [3.63, 3.8) is 0 Å². The molecule has 0 unspecified atom stereocenters. The Morgan fingerprint density at radius 2 is 2.00 bits per heavy atom. The van der Waals surface area contributed by atoms with Crippen LogP contribution in [0.25, 0.3) is 5.69 Å². The van der Waals surface area contributed by atoms with Gasteiger partial charge in [-0.05, 0) is 36.8 Å². The van der Waals surface area contributed by atoms with E-state index in [2.05, 4.69) is 12.0 Å². The normalized spacial score (nSPS) is 10.3. The number of aromatic carboxylic acids is 1. The average Bonchev–Trinajstić information content (AvgIpc) is 2.77. The molecule has 0 aliphatic carbocycles. The number of carboxylic acid groups (broad SMARTS) is 1. The standard InChI is InChI=1S/C12H12N2O2/c1-2-10-7-8-13-14(10)11-5-3-9(4-6-11)12(15)16/h3-8H,2H2,1H3,(H,15,16). The molecule has 16 heavy (non-hydrogen) atoms. The summed E-state index contributed by atoms with van der Waals surface area (Å²) in [6.07, 6.45) is 2.63. The Labute approximate surface area is 93.1 Å². The van der Waals surface area contributed by atoms with Crippen molar-refractivity contribution >= 4 is 5.97 Å². The highest BCUT2D eigenvalue weighted by Gasteiger charge is 2.05. The molecule has 1 aromatic carbocycles. The smallest absolute Gasteiger partial charge is 0.335 e. The molecule has 4 nitrogen and oxygen atoms in total. The Morgan fingerprint density at radius 1 is 1.31 bits per heavy atom. The molecule has 0 fully saturated rings. The summed E-state index contributed by atoms with van der Waals surface area (Å²) in [5.74, 6) is -0.914. The van der Waals surface area contributed by atoms with Crippen molar-refractivity contribution in [2.24, 2.45) is 0 Å². The first-order valence-corrected chi connectivity index (χ1v) is 5.09. The van der Waals surface area contributed by atoms with Crippen molar-refractivity contribution in [2.75, 3.05) is 0 Å². The second-order valence-corrected chi connectivity index (χ2v) is 3.44. The maximum absolute atomic E-state index is 10.7. The molecule has 0 bridgehead atoms. The number of benzene rings is 1.